The van der Waals surface area contributed by atoms with Gasteiger partial charge in [0.15, 0.2) is 0 Å². The summed E-state index contributed by atoms with van der Waals surface area (Å²) < 4.78 is 5.24. The first-order valence-corrected chi connectivity index (χ1v) is 12.9. The van der Waals surface area contributed by atoms with Crippen molar-refractivity contribution >= 4 is 11.9 Å². The van der Waals surface area contributed by atoms with Crippen LogP contribution in [0.4, 0.5) is 0 Å². The lowest BCUT2D eigenvalue weighted by Gasteiger charge is -2.33. The molecule has 0 atom stereocenters. The van der Waals surface area contributed by atoms with Gasteiger partial charge in [0, 0.05) is 13.5 Å². The first kappa shape index (κ1) is 29.9. The minimum absolute atomic E-state index is 0.00849. The summed E-state index contributed by atoms with van der Waals surface area (Å²) in [6.45, 7) is 8.88. The van der Waals surface area contributed by atoms with E-state index in [4.69, 9.17) is 10.5 Å². The van der Waals surface area contributed by atoms with Gasteiger partial charge in [-0.25, -0.2) is 4.79 Å². The first-order valence-electron chi connectivity index (χ1n) is 12.9. The van der Waals surface area contributed by atoms with Crippen LogP contribution in [0.15, 0.2) is 0 Å². The number of carbonyl (C=O) groups excluding carboxylic acids is 2. The van der Waals surface area contributed by atoms with Gasteiger partial charge < -0.3 is 15.4 Å². The molecule has 0 heterocycles. The van der Waals surface area contributed by atoms with E-state index in [9.17, 15) is 9.59 Å². The largest absolute Gasteiger partial charge is 0.464 e. The van der Waals surface area contributed by atoms with Crippen molar-refractivity contribution in [2.24, 2.45) is 11.7 Å². The summed E-state index contributed by atoms with van der Waals surface area (Å²) in [5.41, 5.74) is 4.48. The molecule has 0 aromatic rings. The van der Waals surface area contributed by atoms with E-state index < -0.39 is 5.54 Å². The average Bonchev–Trinajstić information content (AvgIpc) is 2.72. The monoisotopic (exact) mass is 440 g/mol. The van der Waals surface area contributed by atoms with Gasteiger partial charge in [0.25, 0.3) is 0 Å². The summed E-state index contributed by atoms with van der Waals surface area (Å²) in [4.78, 5) is 26.2. The van der Waals surface area contributed by atoms with Gasteiger partial charge in [-0.15, -0.1) is 0 Å². The molecule has 0 aliphatic carbocycles. The number of amides is 1. The van der Waals surface area contributed by atoms with E-state index in [1.54, 1.807) is 20.9 Å². The molecule has 0 aliphatic heterocycles. The molecule has 0 spiro atoms. The van der Waals surface area contributed by atoms with Crippen LogP contribution in [0.2, 0.25) is 0 Å². The Balaban J connectivity index is 3.67. The minimum atomic E-state index is -0.944. The van der Waals surface area contributed by atoms with E-state index in [0.717, 1.165) is 18.8 Å². The Hall–Kier alpha value is -1.10. The highest BCUT2D eigenvalue weighted by atomic mass is 16.5. The summed E-state index contributed by atoms with van der Waals surface area (Å²) in [5.74, 6) is 0.489. The number of likely N-dealkylation sites (N-methyl/N-ethyl adjacent to an activating group) is 1. The summed E-state index contributed by atoms with van der Waals surface area (Å²) >= 11 is 0. The Morgan fingerprint density at radius 2 is 1.26 bits per heavy atom. The Labute approximate surface area is 192 Å². The van der Waals surface area contributed by atoms with Gasteiger partial charge in [0.2, 0.25) is 5.91 Å². The molecule has 0 aromatic carbocycles. The van der Waals surface area contributed by atoms with Gasteiger partial charge in [0.05, 0.1) is 6.61 Å². The highest BCUT2D eigenvalue weighted by Gasteiger charge is 2.36. The van der Waals surface area contributed by atoms with Crippen LogP contribution in [-0.4, -0.2) is 42.5 Å². The average molecular weight is 441 g/mol. The van der Waals surface area contributed by atoms with Gasteiger partial charge in [-0.05, 0) is 39.2 Å². The summed E-state index contributed by atoms with van der Waals surface area (Å²) in [5, 5.41) is 0. The zero-order valence-electron chi connectivity index (χ0n) is 21.3. The lowest BCUT2D eigenvalue weighted by atomic mass is 10.0. The molecule has 0 bridgehead atoms. The fourth-order valence-electron chi connectivity index (χ4n) is 3.64. The van der Waals surface area contributed by atoms with Crippen LogP contribution in [0.3, 0.4) is 0 Å². The van der Waals surface area contributed by atoms with Crippen LogP contribution in [0.5, 0.6) is 0 Å². The number of rotatable bonds is 20. The molecule has 5 heteroatoms. The Morgan fingerprint density at radius 1 is 0.806 bits per heavy atom. The van der Waals surface area contributed by atoms with Gasteiger partial charge in [-0.3, -0.25) is 4.79 Å². The van der Waals surface area contributed by atoms with Crippen molar-refractivity contribution in [3.05, 3.63) is 0 Å². The molecular weight excluding hydrogens is 388 g/mol. The number of nitrogens with two attached hydrogens (primary N) is 1. The molecule has 184 valence electrons. The van der Waals surface area contributed by atoms with E-state index in [2.05, 4.69) is 13.8 Å². The van der Waals surface area contributed by atoms with Gasteiger partial charge in [-0.1, -0.05) is 90.9 Å². The number of nitrogens with zero attached hydrogens (tertiary/aromatic N) is 1. The third-order valence-electron chi connectivity index (χ3n) is 6.22. The van der Waals surface area contributed by atoms with Crippen molar-refractivity contribution in [1.82, 2.24) is 4.90 Å². The third kappa shape index (κ3) is 15.4. The predicted octanol–water partition coefficient (Wildman–Crippen LogP) is 6.23. The molecule has 1 amide bonds. The van der Waals surface area contributed by atoms with Crippen LogP contribution in [-0.2, 0) is 14.3 Å². The van der Waals surface area contributed by atoms with Crippen LogP contribution in [0.1, 0.15) is 124 Å². The number of hydrogen-bond donors (Lipinski definition) is 1. The predicted molar refractivity (Wildman–Crippen MR) is 131 cm³/mol. The lowest BCUT2D eigenvalue weighted by Crippen LogP contribution is -2.51. The second-order valence-corrected chi connectivity index (χ2v) is 9.97. The summed E-state index contributed by atoms with van der Waals surface area (Å²) in [6.07, 6.45) is 17.9. The van der Waals surface area contributed by atoms with E-state index in [1.165, 1.54) is 75.5 Å². The van der Waals surface area contributed by atoms with Crippen molar-refractivity contribution in [2.75, 3.05) is 20.2 Å². The summed E-state index contributed by atoms with van der Waals surface area (Å²) in [6, 6.07) is 0. The van der Waals surface area contributed by atoms with Crippen molar-refractivity contribution in [2.45, 2.75) is 130 Å². The third-order valence-corrected chi connectivity index (χ3v) is 6.22. The molecule has 2 N–H and O–H groups in total. The highest BCUT2D eigenvalue weighted by molar-refractivity contribution is 5.87. The Morgan fingerprint density at radius 3 is 1.71 bits per heavy atom. The quantitative estimate of drug-likeness (QED) is 0.180. The van der Waals surface area contributed by atoms with Crippen LogP contribution in [0.25, 0.3) is 0 Å². The maximum atomic E-state index is 12.5. The normalized spacial score (nSPS) is 11.7. The number of ether oxygens (including phenoxy) is 1. The molecular formula is C26H52N2O3. The molecule has 0 unspecified atom stereocenters. The maximum Gasteiger partial charge on any atom is 0.331 e. The molecule has 0 saturated heterocycles. The van der Waals surface area contributed by atoms with Crippen molar-refractivity contribution in [1.29, 1.82) is 0 Å². The van der Waals surface area contributed by atoms with E-state index in [0.29, 0.717) is 26.0 Å². The number of unbranched alkanes of at least 4 members (excludes halogenated alkanes) is 11. The van der Waals surface area contributed by atoms with E-state index in [-0.39, 0.29) is 11.9 Å². The van der Waals surface area contributed by atoms with E-state index in [1.807, 2.05) is 0 Å². The molecule has 31 heavy (non-hydrogen) atoms. The van der Waals surface area contributed by atoms with E-state index >= 15 is 0 Å². The first-order chi connectivity index (χ1) is 14.7. The summed E-state index contributed by atoms with van der Waals surface area (Å²) in [7, 11) is 1.69. The number of carbonyl (C=O) groups is 2. The zero-order valence-corrected chi connectivity index (χ0v) is 21.3. The topological polar surface area (TPSA) is 72.6 Å². The molecule has 0 saturated carbocycles. The second kappa shape index (κ2) is 18.5. The standard InChI is InChI=1S/C26H52N2O3/c1-23(2)19-16-14-12-10-8-6-7-9-11-13-15-17-20-24(29)28(5)26(3,4)25(30)31-22-18-21-27/h23H,6-22,27H2,1-5H3. The SMILES string of the molecule is CC(C)CCCCCCCCCCCCCCC(=O)N(C)C(C)(C)C(=O)OCCCN. The zero-order chi connectivity index (χ0) is 23.5. The van der Waals surface area contributed by atoms with Crippen LogP contribution >= 0.6 is 0 Å². The second-order valence-electron chi connectivity index (χ2n) is 9.97. The molecule has 0 radical (unpaired) electrons. The maximum absolute atomic E-state index is 12.5. The molecule has 0 aliphatic rings. The smallest absolute Gasteiger partial charge is 0.331 e. The molecule has 0 rings (SSSR count). The van der Waals surface area contributed by atoms with Crippen LogP contribution < -0.4 is 5.73 Å². The Kier molecular flexibility index (Phi) is 17.8. The Bertz CT molecular complexity index is 464. The molecule has 0 fully saturated rings. The lowest BCUT2D eigenvalue weighted by molar-refractivity contribution is -0.160. The fraction of sp³-hybridized carbons (Fsp3) is 0.923. The number of esters is 1. The minimum Gasteiger partial charge on any atom is -0.464 e. The number of hydrogen-bond acceptors (Lipinski definition) is 4. The van der Waals surface area contributed by atoms with Gasteiger partial charge >= 0.3 is 5.97 Å². The van der Waals surface area contributed by atoms with Crippen molar-refractivity contribution < 1.29 is 14.3 Å². The van der Waals surface area contributed by atoms with Gasteiger partial charge in [0.1, 0.15) is 5.54 Å². The molecule has 0 aromatic heterocycles. The van der Waals surface area contributed by atoms with Crippen LogP contribution in [0, 0.1) is 5.92 Å². The van der Waals surface area contributed by atoms with Gasteiger partial charge in [-0.2, -0.15) is 0 Å². The molecule has 5 nitrogen and oxygen atoms in total. The fourth-order valence-corrected chi connectivity index (χ4v) is 3.64. The van der Waals surface area contributed by atoms with Crippen molar-refractivity contribution in [3.63, 3.8) is 0 Å². The highest BCUT2D eigenvalue weighted by Crippen LogP contribution is 2.18. The van der Waals surface area contributed by atoms with Crippen molar-refractivity contribution in [3.8, 4) is 0 Å².